The van der Waals surface area contributed by atoms with Crippen LogP contribution in [0.4, 0.5) is 0 Å². The van der Waals surface area contributed by atoms with Gasteiger partial charge in [-0.15, -0.1) is 0 Å². The lowest BCUT2D eigenvalue weighted by atomic mass is 10.1. The molecular weight excluding hydrogens is 346 g/mol. The molecule has 6 heteroatoms. The average molecular weight is 377 g/mol. The second-order valence-electron chi connectivity index (χ2n) is 7.34. The van der Waals surface area contributed by atoms with Crippen molar-refractivity contribution >= 4 is 11.9 Å². The summed E-state index contributed by atoms with van der Waals surface area (Å²) in [5.41, 5.74) is 2.83. The van der Waals surface area contributed by atoms with Gasteiger partial charge in [0.15, 0.2) is 0 Å². The van der Waals surface area contributed by atoms with Crippen LogP contribution in [0.25, 0.3) is 0 Å². The zero-order chi connectivity index (χ0) is 20.6. The van der Waals surface area contributed by atoms with Gasteiger partial charge in [-0.3, -0.25) is 0 Å². The highest BCUT2D eigenvalue weighted by Crippen LogP contribution is 2.14. The maximum Gasteiger partial charge on any atom is 0.373 e. The highest BCUT2D eigenvalue weighted by Gasteiger charge is 2.12. The first-order valence-corrected chi connectivity index (χ1v) is 9.07. The summed E-state index contributed by atoms with van der Waals surface area (Å²) in [7, 11) is 4.60. The smallest absolute Gasteiger partial charge is 0.373 e. The molecule has 0 radical (unpaired) electrons. The molecule has 0 aliphatic rings. The number of methoxy groups -OCH3 is 2. The topological polar surface area (TPSA) is 70.7 Å². The summed E-state index contributed by atoms with van der Waals surface area (Å²) < 4.78 is 16.1. The van der Waals surface area contributed by atoms with Crippen LogP contribution >= 0.6 is 0 Å². The molecule has 0 saturated carbocycles. The Hall–Kier alpha value is -2.50. The summed E-state index contributed by atoms with van der Waals surface area (Å²) in [5.74, 6) is 0.738. The fourth-order valence-corrected chi connectivity index (χ4v) is 2.69. The molecule has 150 valence electrons. The third-order valence-corrected chi connectivity index (χ3v) is 3.78. The third kappa shape index (κ3) is 7.33. The van der Waals surface area contributed by atoms with E-state index in [9.17, 15) is 9.59 Å². The number of ether oxygens (including phenoxy) is 2. The minimum Gasteiger partial charge on any atom is -0.464 e. The van der Waals surface area contributed by atoms with Crippen molar-refractivity contribution in [3.05, 3.63) is 47.2 Å². The van der Waals surface area contributed by atoms with Crippen LogP contribution in [0.15, 0.2) is 29.0 Å². The van der Waals surface area contributed by atoms with E-state index in [1.807, 2.05) is 23.9 Å². The minimum absolute atomic E-state index is 0.275. The van der Waals surface area contributed by atoms with E-state index >= 15 is 0 Å². The first-order valence-electron chi connectivity index (χ1n) is 9.07. The van der Waals surface area contributed by atoms with Gasteiger partial charge in [0.1, 0.15) is 5.69 Å². The molecule has 0 aromatic carbocycles. The van der Waals surface area contributed by atoms with Crippen molar-refractivity contribution in [3.8, 4) is 0 Å². The van der Waals surface area contributed by atoms with Crippen molar-refractivity contribution < 1.29 is 23.5 Å². The zero-order valence-corrected chi connectivity index (χ0v) is 17.4. The van der Waals surface area contributed by atoms with Gasteiger partial charge in [-0.2, -0.15) is 0 Å². The molecule has 0 N–H and O–H groups in total. The van der Waals surface area contributed by atoms with E-state index in [1.54, 1.807) is 12.3 Å². The average Bonchev–Trinajstić information content (AvgIpc) is 3.19. The monoisotopic (exact) mass is 377 g/mol. The molecule has 2 heterocycles. The van der Waals surface area contributed by atoms with Crippen LogP contribution in [0.1, 0.15) is 59.9 Å². The summed E-state index contributed by atoms with van der Waals surface area (Å²) in [6.07, 6.45) is 5.49. The van der Waals surface area contributed by atoms with Gasteiger partial charge in [-0.05, 0) is 47.9 Å². The van der Waals surface area contributed by atoms with Gasteiger partial charge >= 0.3 is 11.9 Å². The molecule has 0 atom stereocenters. The van der Waals surface area contributed by atoms with E-state index in [-0.39, 0.29) is 11.7 Å². The number of hydrogen-bond donors (Lipinski definition) is 0. The number of rotatable bonds is 6. The highest BCUT2D eigenvalue weighted by atomic mass is 16.5. The maximum atomic E-state index is 11.3. The number of furan rings is 1. The van der Waals surface area contributed by atoms with Crippen LogP contribution in [0.5, 0.6) is 0 Å². The molecule has 0 bridgehead atoms. The predicted molar refractivity (Wildman–Crippen MR) is 104 cm³/mol. The molecule has 0 unspecified atom stereocenters. The molecule has 6 nitrogen and oxygen atoms in total. The molecule has 2 aromatic heterocycles. The Morgan fingerprint density at radius 2 is 1.52 bits per heavy atom. The number of aryl methyl sites for hydroxylation is 1. The standard InChI is InChI=1S/C11H17NO2.C10H14O3/c1-8(2)5-9-6-10(11(13)14-4)12(3)7-9;1-7(2)4-8-5-9(13-6-8)10(11)12-3/h6-8H,5H2,1-4H3;5-7H,4H2,1-3H3. The van der Waals surface area contributed by atoms with Gasteiger partial charge < -0.3 is 18.5 Å². The van der Waals surface area contributed by atoms with Crippen molar-refractivity contribution in [2.45, 2.75) is 40.5 Å². The van der Waals surface area contributed by atoms with E-state index in [2.05, 4.69) is 37.2 Å². The summed E-state index contributed by atoms with van der Waals surface area (Å²) in [4.78, 5) is 22.3. The molecule has 0 fully saturated rings. The molecule has 27 heavy (non-hydrogen) atoms. The van der Waals surface area contributed by atoms with Crippen LogP contribution in [0.2, 0.25) is 0 Å². The summed E-state index contributed by atoms with van der Waals surface area (Å²) >= 11 is 0. The van der Waals surface area contributed by atoms with Crippen molar-refractivity contribution in [2.24, 2.45) is 18.9 Å². The summed E-state index contributed by atoms with van der Waals surface area (Å²) in [6.45, 7) is 8.55. The number of aromatic nitrogens is 1. The largest absolute Gasteiger partial charge is 0.464 e. The van der Waals surface area contributed by atoms with Crippen molar-refractivity contribution in [2.75, 3.05) is 14.2 Å². The lowest BCUT2D eigenvalue weighted by Gasteiger charge is -1.99. The van der Waals surface area contributed by atoms with Crippen LogP contribution in [-0.2, 0) is 29.4 Å². The number of hydrogen-bond acceptors (Lipinski definition) is 5. The second kappa shape index (κ2) is 10.6. The molecule has 0 aliphatic carbocycles. The predicted octanol–water partition coefficient (Wildman–Crippen LogP) is 4.27. The summed E-state index contributed by atoms with van der Waals surface area (Å²) in [5, 5.41) is 0. The van der Waals surface area contributed by atoms with Gasteiger partial charge in [0, 0.05) is 13.2 Å². The molecule has 2 rings (SSSR count). The molecule has 0 amide bonds. The van der Waals surface area contributed by atoms with Gasteiger partial charge in [0.2, 0.25) is 5.76 Å². The van der Waals surface area contributed by atoms with E-state index in [0.717, 1.165) is 18.4 Å². The van der Waals surface area contributed by atoms with E-state index in [0.29, 0.717) is 17.5 Å². The second-order valence-corrected chi connectivity index (χ2v) is 7.34. The van der Waals surface area contributed by atoms with Crippen molar-refractivity contribution in [3.63, 3.8) is 0 Å². The van der Waals surface area contributed by atoms with Crippen LogP contribution < -0.4 is 0 Å². The van der Waals surface area contributed by atoms with Crippen molar-refractivity contribution in [1.82, 2.24) is 4.57 Å². The first kappa shape index (κ1) is 22.5. The Labute approximate surface area is 161 Å². The quantitative estimate of drug-likeness (QED) is 0.703. The normalized spacial score (nSPS) is 10.6. The van der Waals surface area contributed by atoms with Gasteiger partial charge in [0.25, 0.3) is 0 Å². The third-order valence-electron chi connectivity index (χ3n) is 3.78. The molecule has 0 spiro atoms. The van der Waals surface area contributed by atoms with E-state index < -0.39 is 5.97 Å². The van der Waals surface area contributed by atoms with E-state index in [4.69, 9.17) is 4.42 Å². The van der Waals surface area contributed by atoms with Crippen LogP contribution in [0, 0.1) is 11.8 Å². The molecule has 2 aromatic rings. The van der Waals surface area contributed by atoms with Crippen molar-refractivity contribution in [1.29, 1.82) is 0 Å². The number of esters is 2. The van der Waals surface area contributed by atoms with Crippen LogP contribution in [-0.4, -0.2) is 30.7 Å². The number of carbonyl (C=O) groups is 2. The number of nitrogens with zero attached hydrogens (tertiary/aromatic N) is 1. The Morgan fingerprint density at radius 1 is 0.963 bits per heavy atom. The Balaban J connectivity index is 0.000000271. The molecule has 0 saturated heterocycles. The van der Waals surface area contributed by atoms with Crippen LogP contribution in [0.3, 0.4) is 0 Å². The highest BCUT2D eigenvalue weighted by molar-refractivity contribution is 5.88. The Morgan fingerprint density at radius 3 is 2.04 bits per heavy atom. The lowest BCUT2D eigenvalue weighted by molar-refractivity contribution is 0.0562. The minimum atomic E-state index is -0.421. The lowest BCUT2D eigenvalue weighted by Crippen LogP contribution is -2.06. The summed E-state index contributed by atoms with van der Waals surface area (Å²) in [6, 6.07) is 3.62. The maximum absolute atomic E-state index is 11.3. The van der Waals surface area contributed by atoms with E-state index in [1.165, 1.54) is 19.8 Å². The Bertz CT molecular complexity index is 740. The fraction of sp³-hybridized carbons (Fsp3) is 0.524. The van der Waals surface area contributed by atoms with Gasteiger partial charge in [0.05, 0.1) is 20.5 Å². The van der Waals surface area contributed by atoms with Gasteiger partial charge in [-0.1, -0.05) is 27.7 Å². The first-order chi connectivity index (χ1) is 12.7. The number of carbonyl (C=O) groups excluding carboxylic acids is 2. The molecule has 0 aliphatic heterocycles. The fourth-order valence-electron chi connectivity index (χ4n) is 2.69. The SMILES string of the molecule is COC(=O)c1cc(CC(C)C)cn1C.COC(=O)c1cc(CC(C)C)co1. The van der Waals surface area contributed by atoms with Gasteiger partial charge in [-0.25, -0.2) is 9.59 Å². The zero-order valence-electron chi connectivity index (χ0n) is 17.4. The Kier molecular flexibility index (Phi) is 8.85. The molecular formula is C21H31NO5.